The number of likely N-dealkylation sites (N-methyl/N-ethyl adjacent to an activating group) is 1. The minimum absolute atomic E-state index is 0.0384. The largest absolute Gasteiger partial charge is 0.444 e. The van der Waals surface area contributed by atoms with Gasteiger partial charge in [-0.05, 0) is 20.8 Å². The maximum atomic E-state index is 12.3. The van der Waals surface area contributed by atoms with Gasteiger partial charge in [-0.1, -0.05) is 0 Å². The lowest BCUT2D eigenvalue weighted by Gasteiger charge is -2.39. The highest BCUT2D eigenvalue weighted by molar-refractivity contribution is 5.81. The van der Waals surface area contributed by atoms with Crippen LogP contribution >= 0.6 is 0 Å². The van der Waals surface area contributed by atoms with E-state index in [1.807, 2.05) is 20.8 Å². The molecule has 8 heteroatoms. The number of nitrogens with zero attached hydrogens (tertiary/aromatic N) is 3. The number of amides is 2. The third-order valence-corrected chi connectivity index (χ3v) is 4.49. The molecule has 1 atom stereocenters. The van der Waals surface area contributed by atoms with Gasteiger partial charge in [-0.3, -0.25) is 14.6 Å². The molecular formula is C17H32N4O4. The molecule has 1 N–H and O–H groups in total. The summed E-state index contributed by atoms with van der Waals surface area (Å²) < 4.78 is 10.8. The van der Waals surface area contributed by atoms with Gasteiger partial charge in [0, 0.05) is 52.9 Å². The second kappa shape index (κ2) is 8.82. The molecule has 2 fully saturated rings. The zero-order chi connectivity index (χ0) is 18.4. The molecule has 2 heterocycles. The van der Waals surface area contributed by atoms with Crippen LogP contribution in [0.2, 0.25) is 0 Å². The Bertz CT molecular complexity index is 452. The molecule has 0 aromatic heterocycles. The topological polar surface area (TPSA) is 74.4 Å². The van der Waals surface area contributed by atoms with Crippen LogP contribution in [0.5, 0.6) is 0 Å². The summed E-state index contributed by atoms with van der Waals surface area (Å²) in [4.78, 5) is 30.6. The van der Waals surface area contributed by atoms with E-state index >= 15 is 0 Å². The number of rotatable bonds is 4. The van der Waals surface area contributed by atoms with E-state index in [0.29, 0.717) is 32.8 Å². The van der Waals surface area contributed by atoms with Gasteiger partial charge in [-0.25, -0.2) is 4.79 Å². The molecule has 2 aliphatic rings. The summed E-state index contributed by atoms with van der Waals surface area (Å²) >= 11 is 0. The average molecular weight is 356 g/mol. The highest BCUT2D eigenvalue weighted by Crippen LogP contribution is 2.13. The lowest BCUT2D eigenvalue weighted by Crippen LogP contribution is -2.58. The van der Waals surface area contributed by atoms with Crippen LogP contribution in [0.4, 0.5) is 4.79 Å². The summed E-state index contributed by atoms with van der Waals surface area (Å²) in [6, 6.07) is -0.179. The number of hydrogen-bond acceptors (Lipinski definition) is 6. The Morgan fingerprint density at radius 1 is 1.08 bits per heavy atom. The maximum Gasteiger partial charge on any atom is 0.410 e. The summed E-state index contributed by atoms with van der Waals surface area (Å²) in [5.41, 5.74) is -0.477. The molecule has 0 aromatic carbocycles. The standard InChI is InChI=1S/C17H32N4O4/c1-17(2,3)25-16(23)21-7-5-19(6-8-21)13-14(15(22)18-4)20-9-11-24-12-10-20/h14H,5-13H2,1-4H3,(H,18,22). The Balaban J connectivity index is 1.85. The Hall–Kier alpha value is -1.38. The van der Waals surface area contributed by atoms with Gasteiger partial charge in [0.15, 0.2) is 0 Å². The molecule has 2 rings (SSSR count). The molecular weight excluding hydrogens is 324 g/mol. The fraction of sp³-hybridized carbons (Fsp3) is 0.882. The van der Waals surface area contributed by atoms with E-state index < -0.39 is 5.60 Å². The summed E-state index contributed by atoms with van der Waals surface area (Å²) in [7, 11) is 1.68. The summed E-state index contributed by atoms with van der Waals surface area (Å²) in [6.07, 6.45) is -0.261. The molecule has 1 unspecified atom stereocenters. The lowest BCUT2D eigenvalue weighted by molar-refractivity contribution is -0.128. The van der Waals surface area contributed by atoms with Crippen LogP contribution in [0.3, 0.4) is 0 Å². The van der Waals surface area contributed by atoms with Crippen molar-refractivity contribution in [3.8, 4) is 0 Å². The van der Waals surface area contributed by atoms with Crippen LogP contribution < -0.4 is 5.32 Å². The van der Waals surface area contributed by atoms with Crippen molar-refractivity contribution in [2.45, 2.75) is 32.4 Å². The first kappa shape index (κ1) is 19.9. The molecule has 0 aromatic rings. The van der Waals surface area contributed by atoms with Gasteiger partial charge in [0.25, 0.3) is 0 Å². The molecule has 0 spiro atoms. The molecule has 25 heavy (non-hydrogen) atoms. The van der Waals surface area contributed by atoms with Gasteiger partial charge < -0.3 is 19.7 Å². The molecule has 2 amide bonds. The molecule has 0 radical (unpaired) electrons. The van der Waals surface area contributed by atoms with Crippen LogP contribution in [-0.4, -0.2) is 104 Å². The SMILES string of the molecule is CNC(=O)C(CN1CCN(C(=O)OC(C)(C)C)CC1)N1CCOCC1. The quantitative estimate of drug-likeness (QED) is 0.764. The number of nitrogens with one attached hydrogen (secondary N) is 1. The Labute approximate surface area is 150 Å². The van der Waals surface area contributed by atoms with E-state index in [1.165, 1.54) is 0 Å². The third-order valence-electron chi connectivity index (χ3n) is 4.49. The van der Waals surface area contributed by atoms with E-state index in [1.54, 1.807) is 11.9 Å². The molecule has 2 saturated heterocycles. The zero-order valence-electron chi connectivity index (χ0n) is 15.9. The number of ether oxygens (including phenoxy) is 2. The highest BCUT2D eigenvalue weighted by atomic mass is 16.6. The minimum atomic E-state index is -0.477. The van der Waals surface area contributed by atoms with Crippen molar-refractivity contribution in [1.82, 2.24) is 20.0 Å². The summed E-state index contributed by atoms with van der Waals surface area (Å²) in [5, 5.41) is 2.77. The minimum Gasteiger partial charge on any atom is -0.444 e. The smallest absolute Gasteiger partial charge is 0.410 e. The maximum absolute atomic E-state index is 12.3. The Morgan fingerprint density at radius 3 is 2.20 bits per heavy atom. The van der Waals surface area contributed by atoms with Crippen LogP contribution in [0.1, 0.15) is 20.8 Å². The van der Waals surface area contributed by atoms with Crippen molar-refractivity contribution in [3.63, 3.8) is 0 Å². The Morgan fingerprint density at radius 2 is 1.68 bits per heavy atom. The molecule has 144 valence electrons. The second-order valence-corrected chi connectivity index (χ2v) is 7.55. The van der Waals surface area contributed by atoms with Crippen molar-refractivity contribution >= 4 is 12.0 Å². The number of carbonyl (C=O) groups excluding carboxylic acids is 2. The average Bonchev–Trinajstić information content (AvgIpc) is 2.59. The predicted octanol–water partition coefficient (Wildman–Crippen LogP) is -0.0141. The molecule has 2 aliphatic heterocycles. The molecule has 0 saturated carbocycles. The number of morpholine rings is 1. The van der Waals surface area contributed by atoms with Crippen LogP contribution in [-0.2, 0) is 14.3 Å². The van der Waals surface area contributed by atoms with Gasteiger partial charge in [0.05, 0.1) is 13.2 Å². The van der Waals surface area contributed by atoms with E-state index in [0.717, 1.165) is 26.2 Å². The van der Waals surface area contributed by atoms with Crippen molar-refractivity contribution < 1.29 is 19.1 Å². The molecule has 0 aliphatic carbocycles. The van der Waals surface area contributed by atoms with E-state index in [9.17, 15) is 9.59 Å². The van der Waals surface area contributed by atoms with Gasteiger partial charge in [0.2, 0.25) is 5.91 Å². The van der Waals surface area contributed by atoms with Crippen LogP contribution in [0.15, 0.2) is 0 Å². The number of carbonyl (C=O) groups is 2. The van der Waals surface area contributed by atoms with Gasteiger partial charge in [-0.15, -0.1) is 0 Å². The predicted molar refractivity (Wildman–Crippen MR) is 94.5 cm³/mol. The zero-order valence-corrected chi connectivity index (χ0v) is 15.9. The van der Waals surface area contributed by atoms with E-state index in [2.05, 4.69) is 15.1 Å². The fourth-order valence-corrected chi connectivity index (χ4v) is 3.10. The fourth-order valence-electron chi connectivity index (χ4n) is 3.10. The van der Waals surface area contributed by atoms with Gasteiger partial charge in [0.1, 0.15) is 11.6 Å². The van der Waals surface area contributed by atoms with E-state index in [-0.39, 0.29) is 18.0 Å². The van der Waals surface area contributed by atoms with E-state index in [4.69, 9.17) is 9.47 Å². The monoisotopic (exact) mass is 356 g/mol. The first-order valence-corrected chi connectivity index (χ1v) is 9.04. The Kier molecular flexibility index (Phi) is 7.04. The van der Waals surface area contributed by atoms with Gasteiger partial charge in [-0.2, -0.15) is 0 Å². The number of piperazine rings is 1. The van der Waals surface area contributed by atoms with Crippen molar-refractivity contribution in [3.05, 3.63) is 0 Å². The highest BCUT2D eigenvalue weighted by Gasteiger charge is 2.31. The summed E-state index contributed by atoms with van der Waals surface area (Å²) in [5.74, 6) is 0.0384. The second-order valence-electron chi connectivity index (χ2n) is 7.55. The first-order valence-electron chi connectivity index (χ1n) is 9.04. The lowest BCUT2D eigenvalue weighted by atomic mass is 10.1. The molecule has 0 bridgehead atoms. The van der Waals surface area contributed by atoms with Crippen LogP contribution in [0.25, 0.3) is 0 Å². The first-order chi connectivity index (χ1) is 11.8. The number of hydrogen-bond donors (Lipinski definition) is 1. The normalized spacial score (nSPS) is 21.7. The van der Waals surface area contributed by atoms with Crippen molar-refractivity contribution in [2.75, 3.05) is 66.1 Å². The summed E-state index contributed by atoms with van der Waals surface area (Å²) in [6.45, 7) is 11.9. The third kappa shape index (κ3) is 6.13. The van der Waals surface area contributed by atoms with Crippen molar-refractivity contribution in [2.24, 2.45) is 0 Å². The molecule has 8 nitrogen and oxygen atoms in total. The van der Waals surface area contributed by atoms with Crippen LogP contribution in [0, 0.1) is 0 Å². The van der Waals surface area contributed by atoms with Crippen molar-refractivity contribution in [1.29, 1.82) is 0 Å². The van der Waals surface area contributed by atoms with Gasteiger partial charge >= 0.3 is 6.09 Å².